The average molecular weight is 431 g/mol. The Hall–Kier alpha value is -3.86. The second kappa shape index (κ2) is 8.71. The van der Waals surface area contributed by atoms with E-state index in [0.29, 0.717) is 16.8 Å². The van der Waals surface area contributed by atoms with Crippen LogP contribution in [0.4, 0.5) is 16.2 Å². The Labute approximate surface area is 186 Å². The van der Waals surface area contributed by atoms with Crippen LogP contribution in [-0.2, 0) is 15.1 Å². The number of nitrogens with zero attached hydrogens (tertiary/aromatic N) is 3. The number of imide groups is 1. The molecule has 8 heteroatoms. The zero-order chi connectivity index (χ0) is 22.7. The van der Waals surface area contributed by atoms with Crippen molar-refractivity contribution in [1.29, 1.82) is 5.26 Å². The number of urea groups is 1. The largest absolute Gasteiger partial charge is 0.372 e. The van der Waals surface area contributed by atoms with E-state index in [1.807, 2.05) is 30.3 Å². The van der Waals surface area contributed by atoms with Crippen LogP contribution in [-0.4, -0.2) is 42.4 Å². The van der Waals surface area contributed by atoms with Crippen molar-refractivity contribution in [3.8, 4) is 6.07 Å². The Kier molecular flexibility index (Phi) is 5.82. The fourth-order valence-corrected chi connectivity index (χ4v) is 4.19. The lowest BCUT2D eigenvalue weighted by Crippen LogP contribution is -2.42. The number of hydrogen-bond donors (Lipinski definition) is 2. The molecule has 2 aliphatic rings. The number of anilines is 2. The number of amides is 4. The number of hydrogen-bond acceptors (Lipinski definition) is 5. The Balaban J connectivity index is 1.41. The summed E-state index contributed by atoms with van der Waals surface area (Å²) in [5.74, 6) is -0.998. The Morgan fingerprint density at radius 1 is 1.12 bits per heavy atom. The molecule has 2 aliphatic heterocycles. The summed E-state index contributed by atoms with van der Waals surface area (Å²) in [5.41, 5.74) is 1.26. The van der Waals surface area contributed by atoms with Crippen LogP contribution in [0.2, 0.25) is 0 Å². The molecule has 2 N–H and O–H groups in total. The number of nitriles is 1. The van der Waals surface area contributed by atoms with E-state index in [2.05, 4.69) is 15.5 Å². The maximum Gasteiger partial charge on any atom is 0.325 e. The molecular weight excluding hydrogens is 406 g/mol. The number of benzene rings is 2. The van der Waals surface area contributed by atoms with Crippen LogP contribution in [0.5, 0.6) is 0 Å². The summed E-state index contributed by atoms with van der Waals surface area (Å²) < 4.78 is 0. The van der Waals surface area contributed by atoms with Crippen LogP contribution >= 0.6 is 0 Å². The van der Waals surface area contributed by atoms with Gasteiger partial charge in [0.1, 0.15) is 12.1 Å². The van der Waals surface area contributed by atoms with Crippen molar-refractivity contribution in [2.45, 2.75) is 31.7 Å². The van der Waals surface area contributed by atoms with Crippen molar-refractivity contribution in [2.24, 2.45) is 0 Å². The molecule has 0 aliphatic carbocycles. The molecule has 4 amide bonds. The Bertz CT molecular complexity index is 1090. The van der Waals surface area contributed by atoms with Gasteiger partial charge in [-0.1, -0.05) is 12.1 Å². The van der Waals surface area contributed by atoms with Crippen molar-refractivity contribution in [1.82, 2.24) is 10.2 Å². The maximum atomic E-state index is 13.0. The van der Waals surface area contributed by atoms with Crippen LogP contribution in [0, 0.1) is 11.3 Å². The van der Waals surface area contributed by atoms with Crippen LogP contribution in [0.15, 0.2) is 48.5 Å². The third kappa shape index (κ3) is 4.14. The molecular formula is C24H25N5O3. The average Bonchev–Trinajstić information content (AvgIpc) is 3.04. The van der Waals surface area contributed by atoms with E-state index in [1.165, 1.54) is 19.3 Å². The van der Waals surface area contributed by atoms with Gasteiger partial charge in [-0.25, -0.2) is 4.79 Å². The molecule has 0 saturated carbocycles. The molecule has 1 unspecified atom stereocenters. The summed E-state index contributed by atoms with van der Waals surface area (Å²) in [5, 5.41) is 14.5. The number of carbonyl (C=O) groups is 3. The molecule has 0 spiro atoms. The highest BCUT2D eigenvalue weighted by Crippen LogP contribution is 2.29. The minimum Gasteiger partial charge on any atom is -0.372 e. The lowest BCUT2D eigenvalue weighted by Gasteiger charge is -2.28. The van der Waals surface area contributed by atoms with Gasteiger partial charge >= 0.3 is 6.03 Å². The lowest BCUT2D eigenvalue weighted by molar-refractivity contribution is -0.133. The first-order valence-corrected chi connectivity index (χ1v) is 10.7. The SMILES string of the molecule is CC1(c2cccc(C#N)c2)NC(=O)N(CC(=O)Nc2ccc(N3CCCCC3)cc2)C1=O. The van der Waals surface area contributed by atoms with E-state index in [0.717, 1.165) is 23.7 Å². The topological polar surface area (TPSA) is 106 Å². The fraction of sp³-hybridized carbons (Fsp3) is 0.333. The highest BCUT2D eigenvalue weighted by Gasteiger charge is 2.49. The summed E-state index contributed by atoms with van der Waals surface area (Å²) in [6.45, 7) is 3.24. The van der Waals surface area contributed by atoms with Gasteiger partial charge in [0.2, 0.25) is 5.91 Å². The summed E-state index contributed by atoms with van der Waals surface area (Å²) in [7, 11) is 0. The van der Waals surface area contributed by atoms with Gasteiger partial charge in [0.05, 0.1) is 11.6 Å². The lowest BCUT2D eigenvalue weighted by atomic mass is 9.91. The number of carbonyl (C=O) groups excluding carboxylic acids is 3. The van der Waals surface area contributed by atoms with Crippen LogP contribution in [0.25, 0.3) is 0 Å². The van der Waals surface area contributed by atoms with Crippen molar-refractivity contribution in [3.05, 3.63) is 59.7 Å². The van der Waals surface area contributed by atoms with Crippen molar-refractivity contribution in [2.75, 3.05) is 29.9 Å². The number of rotatable bonds is 5. The first kappa shape index (κ1) is 21.4. The maximum absolute atomic E-state index is 13.0. The van der Waals surface area contributed by atoms with Crippen molar-refractivity contribution in [3.63, 3.8) is 0 Å². The predicted octanol–water partition coefficient (Wildman–Crippen LogP) is 2.95. The minimum atomic E-state index is -1.33. The molecule has 0 bridgehead atoms. The van der Waals surface area contributed by atoms with Gasteiger partial charge < -0.3 is 15.5 Å². The van der Waals surface area contributed by atoms with Crippen LogP contribution in [0.1, 0.15) is 37.3 Å². The smallest absolute Gasteiger partial charge is 0.325 e. The summed E-state index contributed by atoms with van der Waals surface area (Å²) in [6, 6.07) is 15.5. The molecule has 4 rings (SSSR count). The highest BCUT2D eigenvalue weighted by atomic mass is 16.2. The van der Waals surface area contributed by atoms with Gasteiger partial charge in [-0.2, -0.15) is 5.26 Å². The van der Waals surface area contributed by atoms with E-state index < -0.39 is 29.9 Å². The normalized spacial score (nSPS) is 20.6. The standard InChI is InChI=1S/C24H25N5O3/c1-24(18-7-5-6-17(14-18)15-25)22(31)29(23(32)27-24)16-21(30)26-19-8-10-20(11-9-19)28-12-3-2-4-13-28/h5-11,14H,2-4,12-13,16H2,1H3,(H,26,30)(H,27,32). The van der Waals surface area contributed by atoms with Gasteiger partial charge in [0.25, 0.3) is 5.91 Å². The second-order valence-corrected chi connectivity index (χ2v) is 8.28. The van der Waals surface area contributed by atoms with E-state index in [-0.39, 0.29) is 0 Å². The van der Waals surface area contributed by atoms with E-state index >= 15 is 0 Å². The molecule has 2 fully saturated rings. The summed E-state index contributed by atoms with van der Waals surface area (Å²) in [6.07, 6.45) is 3.63. The first-order chi connectivity index (χ1) is 15.4. The molecule has 8 nitrogen and oxygen atoms in total. The molecule has 0 radical (unpaired) electrons. The van der Waals surface area contributed by atoms with Crippen LogP contribution < -0.4 is 15.5 Å². The molecule has 2 saturated heterocycles. The van der Waals surface area contributed by atoms with Gasteiger partial charge in [-0.15, -0.1) is 0 Å². The zero-order valence-electron chi connectivity index (χ0n) is 17.9. The Morgan fingerprint density at radius 3 is 2.53 bits per heavy atom. The second-order valence-electron chi connectivity index (χ2n) is 8.28. The third-order valence-electron chi connectivity index (χ3n) is 6.02. The summed E-state index contributed by atoms with van der Waals surface area (Å²) >= 11 is 0. The van der Waals surface area contributed by atoms with E-state index in [1.54, 1.807) is 31.2 Å². The fourth-order valence-electron chi connectivity index (χ4n) is 4.19. The first-order valence-electron chi connectivity index (χ1n) is 10.7. The molecule has 164 valence electrons. The van der Waals surface area contributed by atoms with Gasteiger partial charge in [-0.3, -0.25) is 14.5 Å². The van der Waals surface area contributed by atoms with Gasteiger partial charge in [-0.05, 0) is 68.1 Å². The highest BCUT2D eigenvalue weighted by molar-refractivity contribution is 6.10. The quantitative estimate of drug-likeness (QED) is 0.708. The van der Waals surface area contributed by atoms with Crippen molar-refractivity contribution < 1.29 is 14.4 Å². The van der Waals surface area contributed by atoms with E-state index in [4.69, 9.17) is 5.26 Å². The third-order valence-corrected chi connectivity index (χ3v) is 6.02. The number of piperidine rings is 1. The predicted molar refractivity (Wildman–Crippen MR) is 120 cm³/mol. The van der Waals surface area contributed by atoms with Crippen LogP contribution in [0.3, 0.4) is 0 Å². The number of nitrogens with one attached hydrogen (secondary N) is 2. The van der Waals surface area contributed by atoms with Gasteiger partial charge in [0, 0.05) is 24.5 Å². The van der Waals surface area contributed by atoms with Crippen molar-refractivity contribution >= 4 is 29.2 Å². The summed E-state index contributed by atoms with van der Waals surface area (Å²) in [4.78, 5) is 41.3. The van der Waals surface area contributed by atoms with Gasteiger partial charge in [0.15, 0.2) is 0 Å². The molecule has 2 aromatic rings. The zero-order valence-corrected chi connectivity index (χ0v) is 17.9. The Morgan fingerprint density at radius 2 is 1.84 bits per heavy atom. The molecule has 0 aromatic heterocycles. The monoisotopic (exact) mass is 431 g/mol. The molecule has 1 atom stereocenters. The molecule has 2 heterocycles. The molecule has 32 heavy (non-hydrogen) atoms. The molecule has 2 aromatic carbocycles. The van der Waals surface area contributed by atoms with E-state index in [9.17, 15) is 14.4 Å². The minimum absolute atomic E-state index is 0.384.